The molecule has 1 N–H and O–H groups in total. The summed E-state index contributed by atoms with van der Waals surface area (Å²) in [7, 11) is 0. The van der Waals surface area contributed by atoms with Crippen molar-refractivity contribution >= 4 is 6.16 Å². The van der Waals surface area contributed by atoms with Gasteiger partial charge in [-0.05, 0) is 112 Å². The van der Waals surface area contributed by atoms with Gasteiger partial charge < -0.3 is 14.6 Å². The highest BCUT2D eigenvalue weighted by molar-refractivity contribution is 5.60. The minimum Gasteiger partial charge on any atom is -0.434 e. The van der Waals surface area contributed by atoms with Gasteiger partial charge in [0.15, 0.2) is 0 Å². The Kier molecular flexibility index (Phi) is 17.3. The lowest BCUT2D eigenvalue weighted by Crippen LogP contribution is -2.56. The van der Waals surface area contributed by atoms with Crippen molar-refractivity contribution in [2.24, 2.45) is 46.3 Å². The van der Waals surface area contributed by atoms with Gasteiger partial charge in [0.25, 0.3) is 0 Å². The molecule has 4 nitrogen and oxygen atoms in total. The Balaban J connectivity index is 1.17. The summed E-state index contributed by atoms with van der Waals surface area (Å²) in [5.74, 6) is 4.33. The molecule has 4 aliphatic rings. The van der Waals surface area contributed by atoms with Crippen LogP contribution in [0.25, 0.3) is 0 Å². The Bertz CT molecular complexity index is 1050. The van der Waals surface area contributed by atoms with Gasteiger partial charge in [0.1, 0.15) is 6.10 Å². The Morgan fingerprint density at radius 2 is 1.52 bits per heavy atom. The van der Waals surface area contributed by atoms with E-state index in [4.69, 9.17) is 9.47 Å². The molecule has 0 radical (unpaired) electrons. The third-order valence-corrected chi connectivity index (χ3v) is 14.5. The van der Waals surface area contributed by atoms with Gasteiger partial charge in [0.2, 0.25) is 0 Å². The Morgan fingerprint density at radius 1 is 0.860 bits per heavy atom. The number of aliphatic hydroxyl groups is 1. The van der Waals surface area contributed by atoms with E-state index in [0.717, 1.165) is 49.4 Å². The number of hydrogen-bond acceptors (Lipinski definition) is 4. The number of ether oxygens (including phenoxy) is 2. The maximum atomic E-state index is 13.1. The molecule has 288 valence electrons. The molecule has 9 atom stereocenters. The lowest BCUT2D eigenvalue weighted by molar-refractivity contribution is -0.119. The average Bonchev–Trinajstić information content (AvgIpc) is 3.44. The zero-order valence-electron chi connectivity index (χ0n) is 33.7. The maximum absolute atomic E-state index is 13.1. The van der Waals surface area contributed by atoms with E-state index in [0.29, 0.717) is 30.3 Å². The second-order valence-electron chi connectivity index (χ2n) is 18.4. The minimum absolute atomic E-state index is 0.201. The third kappa shape index (κ3) is 11.1. The maximum Gasteiger partial charge on any atom is 0.508 e. The second-order valence-corrected chi connectivity index (χ2v) is 18.4. The molecule has 1 unspecified atom stereocenters. The highest BCUT2D eigenvalue weighted by atomic mass is 16.7. The summed E-state index contributed by atoms with van der Waals surface area (Å²) in [5, 5.41) is 10.9. The Hall–Kier alpha value is -1.29. The number of rotatable bonds is 22. The van der Waals surface area contributed by atoms with Crippen molar-refractivity contribution in [1.82, 2.24) is 0 Å². The highest BCUT2D eigenvalue weighted by Gasteiger charge is 2.61. The van der Waals surface area contributed by atoms with Crippen LogP contribution < -0.4 is 0 Å². The fourth-order valence-corrected chi connectivity index (χ4v) is 11.5. The number of allylic oxidation sites excluding steroid dienone is 3. The largest absolute Gasteiger partial charge is 0.508 e. The summed E-state index contributed by atoms with van der Waals surface area (Å²) in [6.45, 7) is 15.0. The number of unbranched alkanes of at least 4 members (excludes halogenated alkanes) is 12. The van der Waals surface area contributed by atoms with Crippen LogP contribution in [-0.2, 0) is 9.47 Å². The predicted molar refractivity (Wildman–Crippen MR) is 210 cm³/mol. The van der Waals surface area contributed by atoms with Crippen LogP contribution in [0.1, 0.15) is 196 Å². The van der Waals surface area contributed by atoms with Crippen LogP contribution in [0.2, 0.25) is 0 Å². The van der Waals surface area contributed by atoms with Gasteiger partial charge in [0, 0.05) is 11.8 Å². The van der Waals surface area contributed by atoms with Gasteiger partial charge in [0.05, 0.1) is 12.7 Å². The van der Waals surface area contributed by atoms with Gasteiger partial charge in [-0.3, -0.25) is 0 Å². The van der Waals surface area contributed by atoms with E-state index in [1.54, 1.807) is 0 Å². The zero-order chi connectivity index (χ0) is 36.0. The smallest absolute Gasteiger partial charge is 0.434 e. The predicted octanol–water partition coefficient (Wildman–Crippen LogP) is 13.6. The first-order chi connectivity index (χ1) is 24.1. The second kappa shape index (κ2) is 20.8. The van der Waals surface area contributed by atoms with Crippen LogP contribution in [-0.4, -0.2) is 30.1 Å². The summed E-state index contributed by atoms with van der Waals surface area (Å²) in [6.07, 6.45) is 35.3. The number of aliphatic hydroxyl groups excluding tert-OH is 1. The lowest BCUT2D eigenvalue weighted by atomic mass is 9.46. The van der Waals surface area contributed by atoms with Gasteiger partial charge >= 0.3 is 6.16 Å². The summed E-state index contributed by atoms with van der Waals surface area (Å²) >= 11 is 0. The SMILES string of the molecule is CCCCCCCC/C=C\CCCCCCCCOC(=O)OC1C[C@H](O)CC2=CC[C@H]3[C@@H]4CC[C@H]([C@H](C)CCCC(C)C)[C@@]4(C)CC[C@@H]3[C@]21C. The number of hydrogen-bond donors (Lipinski definition) is 1. The van der Waals surface area contributed by atoms with Gasteiger partial charge in [-0.15, -0.1) is 0 Å². The monoisotopic (exact) mass is 697 g/mol. The summed E-state index contributed by atoms with van der Waals surface area (Å²) in [4.78, 5) is 13.1. The molecule has 0 spiro atoms. The van der Waals surface area contributed by atoms with E-state index in [9.17, 15) is 9.90 Å². The fraction of sp³-hybridized carbons (Fsp3) is 0.891. The molecule has 0 aromatic rings. The van der Waals surface area contributed by atoms with Crippen molar-refractivity contribution in [2.45, 2.75) is 208 Å². The molecule has 0 heterocycles. The summed E-state index contributed by atoms with van der Waals surface area (Å²) in [5.41, 5.74) is 1.56. The van der Waals surface area contributed by atoms with Crippen LogP contribution in [0.5, 0.6) is 0 Å². The van der Waals surface area contributed by atoms with Crippen LogP contribution in [0, 0.1) is 46.3 Å². The molecule has 3 saturated carbocycles. The fourth-order valence-electron chi connectivity index (χ4n) is 11.5. The molecule has 50 heavy (non-hydrogen) atoms. The van der Waals surface area contributed by atoms with Crippen LogP contribution in [0.3, 0.4) is 0 Å². The number of carbonyl (C=O) groups is 1. The van der Waals surface area contributed by atoms with E-state index in [-0.39, 0.29) is 11.5 Å². The molecule has 4 aliphatic carbocycles. The average molecular weight is 697 g/mol. The van der Waals surface area contributed by atoms with Gasteiger partial charge in [-0.2, -0.15) is 0 Å². The normalized spacial score (nSPS) is 32.8. The van der Waals surface area contributed by atoms with Crippen LogP contribution in [0.4, 0.5) is 4.79 Å². The highest BCUT2D eigenvalue weighted by Crippen LogP contribution is 2.67. The van der Waals surface area contributed by atoms with E-state index >= 15 is 0 Å². The molecule has 0 aliphatic heterocycles. The molecule has 4 heteroatoms. The zero-order valence-corrected chi connectivity index (χ0v) is 33.7. The van der Waals surface area contributed by atoms with Crippen LogP contribution in [0.15, 0.2) is 23.8 Å². The first kappa shape index (κ1) is 41.5. The lowest BCUT2D eigenvalue weighted by Gasteiger charge is -2.59. The molecule has 0 saturated heterocycles. The van der Waals surface area contributed by atoms with E-state index in [1.165, 1.54) is 128 Å². The Labute approximate surface area is 309 Å². The first-order valence-electron chi connectivity index (χ1n) is 22.0. The van der Waals surface area contributed by atoms with Gasteiger partial charge in [-0.25, -0.2) is 4.79 Å². The van der Waals surface area contributed by atoms with Crippen molar-refractivity contribution < 1.29 is 19.4 Å². The van der Waals surface area contributed by atoms with E-state index < -0.39 is 12.3 Å². The molecular formula is C46H80O4. The molecule has 0 aromatic heterocycles. The molecular weight excluding hydrogens is 617 g/mol. The van der Waals surface area contributed by atoms with Crippen molar-refractivity contribution in [3.8, 4) is 0 Å². The van der Waals surface area contributed by atoms with Gasteiger partial charge in [-0.1, -0.05) is 142 Å². The minimum atomic E-state index is -0.531. The summed E-state index contributed by atoms with van der Waals surface area (Å²) < 4.78 is 11.9. The van der Waals surface area contributed by atoms with E-state index in [2.05, 4.69) is 59.8 Å². The molecule has 0 amide bonds. The first-order valence-corrected chi connectivity index (χ1v) is 22.0. The third-order valence-electron chi connectivity index (χ3n) is 14.5. The van der Waals surface area contributed by atoms with E-state index in [1.807, 2.05) is 0 Å². The topological polar surface area (TPSA) is 55.8 Å². The number of carbonyl (C=O) groups excluding carboxylic acids is 1. The molecule has 4 rings (SSSR count). The molecule has 0 aromatic carbocycles. The summed E-state index contributed by atoms with van der Waals surface area (Å²) in [6, 6.07) is 0. The molecule has 0 bridgehead atoms. The quantitative estimate of drug-likeness (QED) is 0.0695. The van der Waals surface area contributed by atoms with Crippen molar-refractivity contribution in [1.29, 1.82) is 0 Å². The Morgan fingerprint density at radius 3 is 2.20 bits per heavy atom. The van der Waals surface area contributed by atoms with Crippen LogP contribution >= 0.6 is 0 Å². The standard InChI is InChI=1S/C46H80O4/c1-7-8-9-10-11-12-13-14-15-16-17-18-19-20-21-22-32-49-44(48)50-43-34-38(47)33-37-26-27-39-41-29-28-40(36(4)25-23-24-35(2)3)45(41,5)31-30-42(39)46(37,43)6/h14-15,26,35-36,38-43,47H,7-13,16-25,27-34H2,1-6H3/b15-14-/t36-,38-,39+,40-,41+,42+,43?,45-,46+/m1/s1. The van der Waals surface area contributed by atoms with Crippen molar-refractivity contribution in [3.05, 3.63) is 23.8 Å². The van der Waals surface area contributed by atoms with Crippen molar-refractivity contribution in [2.75, 3.05) is 6.61 Å². The van der Waals surface area contributed by atoms with Crippen molar-refractivity contribution in [3.63, 3.8) is 0 Å². The molecule has 3 fully saturated rings. The number of fused-ring (bicyclic) bond motifs is 5.